The second kappa shape index (κ2) is 21.3. The third kappa shape index (κ3) is 10.4. The van der Waals surface area contributed by atoms with Crippen LogP contribution in [0.3, 0.4) is 0 Å². The van der Waals surface area contributed by atoms with E-state index in [4.69, 9.17) is 32.7 Å². The SMILES string of the molecule is COc1ccc(C(OC[C@H]2O[C@@H](N3C=NC4C(=O)NC(=NC(=O)C(C)C)N=C43)[C@H](OC)[C@@H]2OP(OCc2ccccc2)N(C(C)C)C(C)C)(c2ccccc2)c2ccc(OC)cc2)cc1. The summed E-state index contributed by atoms with van der Waals surface area (Å²) in [5, 5.41) is 2.62. The van der Waals surface area contributed by atoms with Crippen LogP contribution in [0.4, 0.5) is 0 Å². The number of amidine groups is 1. The average molecular weight is 907 g/mol. The van der Waals surface area contributed by atoms with Crippen molar-refractivity contribution < 1.29 is 42.3 Å². The lowest BCUT2D eigenvalue weighted by Gasteiger charge is -2.39. The molecular weight excluding hydrogens is 848 g/mol. The quantitative estimate of drug-likeness (QED) is 0.0736. The van der Waals surface area contributed by atoms with E-state index in [1.54, 1.807) is 40.1 Å². The largest absolute Gasteiger partial charge is 0.497 e. The highest BCUT2D eigenvalue weighted by Gasteiger charge is 2.54. The van der Waals surface area contributed by atoms with E-state index in [1.165, 1.54) is 6.34 Å². The minimum absolute atomic E-state index is 0.0177. The monoisotopic (exact) mass is 906 g/mol. The number of guanidine groups is 1. The molecule has 2 unspecified atom stereocenters. The Kier molecular flexibility index (Phi) is 15.6. The number of fused-ring (bicyclic) bond motifs is 1. The highest BCUT2D eigenvalue weighted by molar-refractivity contribution is 7.44. The number of carbonyl (C=O) groups excluding carboxylic acids is 2. The molecule has 1 fully saturated rings. The molecule has 1 N–H and O–H groups in total. The number of ether oxygens (including phenoxy) is 5. The van der Waals surface area contributed by atoms with Crippen LogP contribution in [0.25, 0.3) is 0 Å². The Labute approximate surface area is 382 Å². The van der Waals surface area contributed by atoms with Gasteiger partial charge in [-0.3, -0.25) is 24.8 Å². The average Bonchev–Trinajstić information content (AvgIpc) is 3.90. The van der Waals surface area contributed by atoms with Gasteiger partial charge in [-0.05, 0) is 74.2 Å². The molecule has 344 valence electrons. The van der Waals surface area contributed by atoms with Crippen LogP contribution in [0.1, 0.15) is 63.8 Å². The number of nitrogens with zero attached hydrogens (tertiary/aromatic N) is 5. The van der Waals surface area contributed by atoms with E-state index in [2.05, 4.69) is 52.7 Å². The third-order valence-electron chi connectivity index (χ3n) is 11.4. The molecule has 0 bridgehead atoms. The molecule has 0 radical (unpaired) electrons. The van der Waals surface area contributed by atoms with Crippen LogP contribution in [-0.4, -0.2) is 110 Å². The van der Waals surface area contributed by atoms with Crippen LogP contribution < -0.4 is 14.8 Å². The first-order valence-corrected chi connectivity index (χ1v) is 22.9. The zero-order valence-corrected chi connectivity index (χ0v) is 39.3. The Morgan fingerprint density at radius 2 is 1.38 bits per heavy atom. The topological polar surface area (TPSA) is 154 Å². The number of carbonyl (C=O) groups is 2. The van der Waals surface area contributed by atoms with Crippen molar-refractivity contribution in [1.82, 2.24) is 14.9 Å². The Morgan fingerprint density at radius 3 is 1.92 bits per heavy atom. The fourth-order valence-corrected chi connectivity index (χ4v) is 9.95. The van der Waals surface area contributed by atoms with Crippen LogP contribution >= 0.6 is 8.53 Å². The number of methoxy groups -OCH3 is 3. The van der Waals surface area contributed by atoms with E-state index in [1.807, 2.05) is 109 Å². The van der Waals surface area contributed by atoms with Crippen LogP contribution in [0.15, 0.2) is 124 Å². The molecule has 7 rings (SSSR count). The lowest BCUT2D eigenvalue weighted by Crippen LogP contribution is -2.53. The zero-order valence-electron chi connectivity index (χ0n) is 38.4. The van der Waals surface area contributed by atoms with Gasteiger partial charge in [0.1, 0.15) is 35.4 Å². The maximum Gasteiger partial charge on any atom is 0.260 e. The molecule has 6 atom stereocenters. The molecule has 15 nitrogen and oxygen atoms in total. The number of hydrogen-bond acceptors (Lipinski definition) is 12. The summed E-state index contributed by atoms with van der Waals surface area (Å²) < 4.78 is 48.3. The Morgan fingerprint density at radius 1 is 0.815 bits per heavy atom. The van der Waals surface area contributed by atoms with E-state index in [0.717, 1.165) is 22.3 Å². The minimum atomic E-state index is -1.77. The number of nitrogens with one attached hydrogen (secondary N) is 1. The summed E-state index contributed by atoms with van der Waals surface area (Å²) in [5.74, 6) is 0.197. The summed E-state index contributed by atoms with van der Waals surface area (Å²) in [6, 6.07) is 34.7. The fourth-order valence-electron chi connectivity index (χ4n) is 8.17. The van der Waals surface area contributed by atoms with Crippen molar-refractivity contribution in [2.45, 2.75) is 96.4 Å². The van der Waals surface area contributed by atoms with Gasteiger partial charge < -0.3 is 32.7 Å². The summed E-state index contributed by atoms with van der Waals surface area (Å²) in [7, 11) is 3.09. The molecule has 3 heterocycles. The molecule has 1 saturated heterocycles. The Hall–Kier alpha value is -5.38. The molecular formula is C49H59N6O9P. The summed E-state index contributed by atoms with van der Waals surface area (Å²) in [6.45, 7) is 12.2. The number of rotatable bonds is 19. The number of benzene rings is 4. The highest BCUT2D eigenvalue weighted by atomic mass is 31.2. The maximum absolute atomic E-state index is 13.4. The Balaban J connectivity index is 1.33. The van der Waals surface area contributed by atoms with Gasteiger partial charge >= 0.3 is 0 Å². The van der Waals surface area contributed by atoms with Gasteiger partial charge in [0.05, 0.1) is 33.8 Å². The first-order chi connectivity index (χ1) is 31.4. The maximum atomic E-state index is 13.4. The molecule has 0 saturated carbocycles. The number of hydrogen-bond donors (Lipinski definition) is 1. The molecule has 3 aliphatic heterocycles. The van der Waals surface area contributed by atoms with E-state index in [-0.39, 0.29) is 30.5 Å². The molecule has 65 heavy (non-hydrogen) atoms. The van der Waals surface area contributed by atoms with E-state index in [0.29, 0.717) is 18.1 Å². The smallest absolute Gasteiger partial charge is 0.260 e. The third-order valence-corrected chi connectivity index (χ3v) is 13.5. The summed E-state index contributed by atoms with van der Waals surface area (Å²) >= 11 is 0. The molecule has 3 aliphatic rings. The fraction of sp³-hybridized carbons (Fsp3) is 0.408. The first kappa shape index (κ1) is 47.6. The number of aliphatic imine (C=N–C) groups is 3. The van der Waals surface area contributed by atoms with E-state index in [9.17, 15) is 9.59 Å². The van der Waals surface area contributed by atoms with Crippen LogP contribution in [-0.2, 0) is 45.1 Å². The molecule has 16 heteroatoms. The predicted molar refractivity (Wildman–Crippen MR) is 250 cm³/mol. The van der Waals surface area contributed by atoms with Gasteiger partial charge in [-0.15, -0.1) is 0 Å². The normalized spacial score (nSPS) is 21.9. The van der Waals surface area contributed by atoms with Crippen molar-refractivity contribution in [2.24, 2.45) is 20.9 Å². The van der Waals surface area contributed by atoms with Crippen molar-refractivity contribution in [3.05, 3.63) is 131 Å². The van der Waals surface area contributed by atoms with Crippen LogP contribution in [0, 0.1) is 5.92 Å². The molecule has 0 spiro atoms. The lowest BCUT2D eigenvalue weighted by atomic mass is 9.80. The van der Waals surface area contributed by atoms with E-state index < -0.39 is 62.4 Å². The molecule has 0 aromatic heterocycles. The van der Waals surface area contributed by atoms with Gasteiger partial charge in [0.15, 0.2) is 18.1 Å². The van der Waals surface area contributed by atoms with Gasteiger partial charge in [0, 0.05) is 25.1 Å². The molecule has 0 aliphatic carbocycles. The molecule has 4 aromatic carbocycles. The van der Waals surface area contributed by atoms with Crippen LogP contribution in [0.2, 0.25) is 0 Å². The highest BCUT2D eigenvalue weighted by Crippen LogP contribution is 2.51. The van der Waals surface area contributed by atoms with Crippen molar-refractivity contribution in [3.63, 3.8) is 0 Å². The van der Waals surface area contributed by atoms with Crippen LogP contribution in [0.5, 0.6) is 11.5 Å². The lowest BCUT2D eigenvalue weighted by molar-refractivity contribution is -0.120. The predicted octanol–water partition coefficient (Wildman–Crippen LogP) is 7.48. The van der Waals surface area contributed by atoms with Crippen molar-refractivity contribution in [2.75, 3.05) is 27.9 Å². The molecule has 4 aromatic rings. The van der Waals surface area contributed by atoms with Crippen molar-refractivity contribution >= 4 is 38.5 Å². The van der Waals surface area contributed by atoms with Gasteiger partial charge in [0.25, 0.3) is 20.3 Å². The van der Waals surface area contributed by atoms with Gasteiger partial charge in [-0.25, -0.2) is 4.67 Å². The van der Waals surface area contributed by atoms with Crippen molar-refractivity contribution in [1.29, 1.82) is 0 Å². The van der Waals surface area contributed by atoms with Gasteiger partial charge in [-0.1, -0.05) is 98.8 Å². The zero-order chi connectivity index (χ0) is 46.3. The first-order valence-electron chi connectivity index (χ1n) is 21.8. The van der Waals surface area contributed by atoms with Gasteiger partial charge in [-0.2, -0.15) is 9.98 Å². The standard InChI is InChI=1S/C49H59N6O9P/c1-31(2)45(56)52-48-51-44-41(46(57)53-48)50-30-54(44)47-43(60-9)42(64-65(55(32(3)4)33(5)6)62-28-34-16-12-10-13-17-34)40(63-47)29-61-49(35-18-14-11-15-19-35,36-20-24-38(58-7)25-21-36)37-22-26-39(59-8)27-23-37/h10-27,30-33,40-43,47H,28-29H2,1-9H3,(H,52,53,56,57)/t40-,41?,42-,43-,47-,65?/m1/s1. The van der Waals surface area contributed by atoms with Gasteiger partial charge in [0.2, 0.25) is 5.96 Å². The minimum Gasteiger partial charge on any atom is -0.497 e. The second-order valence-electron chi connectivity index (χ2n) is 16.7. The number of amides is 2. The van der Waals surface area contributed by atoms with E-state index >= 15 is 0 Å². The molecule has 2 amide bonds. The van der Waals surface area contributed by atoms with Crippen molar-refractivity contribution in [3.8, 4) is 11.5 Å². The summed E-state index contributed by atoms with van der Waals surface area (Å²) in [5.41, 5.74) is 2.34. The Bertz CT molecular complexity index is 2260. The summed E-state index contributed by atoms with van der Waals surface area (Å²) in [6.07, 6.45) is -1.84. The second-order valence-corrected chi connectivity index (χ2v) is 18.1. The summed E-state index contributed by atoms with van der Waals surface area (Å²) in [4.78, 5) is 41.1.